The summed E-state index contributed by atoms with van der Waals surface area (Å²) in [4.78, 5) is 12.9. The largest absolute Gasteiger partial charge is 0.324 e. The molecule has 0 saturated heterocycles. The second-order valence-electron chi connectivity index (χ2n) is 14.0. The van der Waals surface area contributed by atoms with Gasteiger partial charge in [-0.05, 0) is 158 Å². The molecule has 0 amide bonds. The number of aryl methyl sites for hydroxylation is 2. The molecular formula is C41H32ClN13O12S4. The summed E-state index contributed by atoms with van der Waals surface area (Å²) in [5.74, 6) is 0.212. The molecule has 6 N–H and O–H groups in total. The van der Waals surface area contributed by atoms with Crippen LogP contribution in [0, 0.1) is 13.8 Å². The molecule has 0 unspecified atom stereocenters. The number of nitrogens with zero attached hydrogens (tertiary/aromatic N) is 11. The van der Waals surface area contributed by atoms with Crippen LogP contribution in [0.2, 0.25) is 5.28 Å². The van der Waals surface area contributed by atoms with Crippen molar-refractivity contribution >= 4 is 125 Å². The Kier molecular flexibility index (Phi) is 17.3. The Labute approximate surface area is 415 Å². The van der Waals surface area contributed by atoms with Crippen LogP contribution < -0.4 is 10.6 Å². The summed E-state index contributed by atoms with van der Waals surface area (Å²) in [6, 6.07) is 30.3. The molecule has 0 spiro atoms. The number of nitrogens with one attached hydrogen (secondary N) is 2. The molecule has 0 atom stereocenters. The van der Waals surface area contributed by atoms with Crippen molar-refractivity contribution in [3.05, 3.63) is 138 Å². The van der Waals surface area contributed by atoms with Crippen LogP contribution in [0.4, 0.5) is 68.8 Å². The zero-order chi connectivity index (χ0) is 50.5. The van der Waals surface area contributed by atoms with Crippen LogP contribution in [0.3, 0.4) is 0 Å². The smallest absolute Gasteiger partial charge is 0.296 e. The van der Waals surface area contributed by atoms with Crippen molar-refractivity contribution in [2.24, 2.45) is 40.9 Å². The molecule has 1 heterocycles. The van der Waals surface area contributed by atoms with Crippen molar-refractivity contribution in [3.63, 3.8) is 0 Å². The minimum atomic E-state index is -4.76. The van der Waals surface area contributed by atoms with Gasteiger partial charge in [0.15, 0.2) is 0 Å². The molecule has 0 aliphatic heterocycles. The lowest BCUT2D eigenvalue weighted by Gasteiger charge is -2.10. The topological polar surface area (TPSA) is 348 Å². The maximum Gasteiger partial charge on any atom is 0.296 e. The van der Waals surface area contributed by atoms with Crippen LogP contribution in [0.25, 0.3) is 0 Å². The van der Waals surface area contributed by atoms with E-state index in [4.69, 9.17) is 22.1 Å². The second-order valence-corrected chi connectivity index (χ2v) is 18.7. The van der Waals surface area contributed by atoms with E-state index in [2.05, 4.69) is 85.2 Å². The van der Waals surface area contributed by atoms with E-state index in [1.165, 1.54) is 42.5 Å². The second kappa shape index (κ2) is 23.7. The van der Waals surface area contributed by atoms with Crippen LogP contribution in [0.1, 0.15) is 11.1 Å². The summed E-state index contributed by atoms with van der Waals surface area (Å²) in [5, 5.41) is 63.7. The van der Waals surface area contributed by atoms with Crippen molar-refractivity contribution in [2.45, 2.75) is 33.4 Å². The molecule has 0 aliphatic rings. The van der Waals surface area contributed by atoms with Crippen molar-refractivity contribution < 1.29 is 55.2 Å². The molecule has 7 rings (SSSR count). The van der Waals surface area contributed by atoms with E-state index in [-0.39, 0.29) is 33.5 Å². The van der Waals surface area contributed by atoms with E-state index in [1.54, 1.807) is 86.6 Å². The zero-order valence-electron chi connectivity index (χ0n) is 36.0. The molecule has 25 nitrogen and oxygen atoms in total. The van der Waals surface area contributed by atoms with Crippen LogP contribution in [0.15, 0.2) is 182 Å². The predicted octanol–water partition coefficient (Wildman–Crippen LogP) is 13.6. The lowest BCUT2D eigenvalue weighted by Crippen LogP contribution is -2.04. The highest BCUT2D eigenvalue weighted by atomic mass is 35.5. The first kappa shape index (κ1) is 51.7. The van der Waals surface area contributed by atoms with E-state index in [9.17, 15) is 25.9 Å². The van der Waals surface area contributed by atoms with Gasteiger partial charge < -0.3 is 10.6 Å². The number of hydrogen-bond donors (Lipinski definition) is 6. The molecule has 71 heavy (non-hydrogen) atoms. The van der Waals surface area contributed by atoms with Crippen LogP contribution >= 0.6 is 35.7 Å². The minimum absolute atomic E-state index is 0.100. The SMILES string of the molecule is Cc1cc(Nc2nc(Cl)nc(Nc3ccc(N=Nc4ccc(N=Nc5ccc(SOOO)cc5)cc4S(=O)(=O)O)c(C)c3)n2)ccc1N=Nc1ccc(N=Nc2ccc(S(=O)(=O)O)cc2)cc1SOOO. The Morgan fingerprint density at radius 1 is 0.507 bits per heavy atom. The maximum atomic E-state index is 12.3. The molecule has 0 fully saturated rings. The summed E-state index contributed by atoms with van der Waals surface area (Å²) in [6.07, 6.45) is 0. The van der Waals surface area contributed by atoms with Crippen molar-refractivity contribution in [1.82, 2.24) is 15.0 Å². The first-order valence-corrected chi connectivity index (χ1v) is 24.3. The highest BCUT2D eigenvalue weighted by Gasteiger charge is 2.18. The molecule has 0 saturated carbocycles. The highest BCUT2D eigenvalue weighted by molar-refractivity contribution is 7.95. The Bertz CT molecular complexity index is 3410. The number of aromatic nitrogens is 3. The van der Waals surface area contributed by atoms with Crippen LogP contribution in [0.5, 0.6) is 0 Å². The van der Waals surface area contributed by atoms with Gasteiger partial charge in [-0.15, -0.1) is 18.9 Å². The third-order valence-corrected chi connectivity index (χ3v) is 12.2. The van der Waals surface area contributed by atoms with E-state index in [1.807, 2.05) is 0 Å². The zero-order valence-corrected chi connectivity index (χ0v) is 40.1. The van der Waals surface area contributed by atoms with E-state index in [0.29, 0.717) is 78.5 Å². The van der Waals surface area contributed by atoms with Gasteiger partial charge in [0.1, 0.15) is 16.3 Å². The molecule has 6 aromatic carbocycles. The fourth-order valence-corrected chi connectivity index (χ4v) is 7.89. The fourth-order valence-electron chi connectivity index (χ4n) is 5.79. The summed E-state index contributed by atoms with van der Waals surface area (Å²) in [7, 11) is -9.12. The van der Waals surface area contributed by atoms with Gasteiger partial charge in [-0.2, -0.15) is 62.5 Å². The number of halogens is 1. The fraction of sp³-hybridized carbons (Fsp3) is 0.0488. The number of hydrogen-bond acceptors (Lipinski definition) is 25. The quantitative estimate of drug-likeness (QED) is 0.0136. The van der Waals surface area contributed by atoms with Crippen LogP contribution in [-0.4, -0.2) is 51.4 Å². The van der Waals surface area contributed by atoms with Crippen LogP contribution in [-0.2, 0) is 39.0 Å². The van der Waals surface area contributed by atoms with Gasteiger partial charge >= 0.3 is 0 Å². The Morgan fingerprint density at radius 2 is 0.958 bits per heavy atom. The molecular weight excluding hydrogens is 1030 g/mol. The molecule has 7 aromatic rings. The first-order valence-electron chi connectivity index (χ1n) is 19.6. The van der Waals surface area contributed by atoms with Crippen molar-refractivity contribution in [3.8, 4) is 0 Å². The van der Waals surface area contributed by atoms with Crippen molar-refractivity contribution in [2.75, 3.05) is 10.6 Å². The summed E-state index contributed by atoms with van der Waals surface area (Å²) in [5.41, 5.74) is 4.66. The number of anilines is 4. The van der Waals surface area contributed by atoms with Gasteiger partial charge in [0.25, 0.3) is 20.2 Å². The van der Waals surface area contributed by atoms with Gasteiger partial charge in [-0.25, -0.2) is 10.5 Å². The highest BCUT2D eigenvalue weighted by Crippen LogP contribution is 2.37. The molecule has 0 radical (unpaired) electrons. The van der Waals surface area contributed by atoms with Gasteiger partial charge in [-0.3, -0.25) is 9.11 Å². The standard InChI is InChI=1S/C41H32ClN13O12S4/c1-23-19-27(7-15-33(23)52-54-35-17-9-29(21-37(35)69-67-65-57)50-49-26-5-13-32(14-6-26)70(58,59)60)43-40-45-39(42)46-41(47-40)44-28-8-16-34(24(2)20-28)53-55-36-18-10-30(22-38(36)71(61,62)63)51-48-25-3-11-31(12-4-25)68-66-64-56/h3-22,56-57H,1-2H3,(H,58,59,60)(H,61,62,63)(H2,43,44,45,46,47). The van der Waals surface area contributed by atoms with Gasteiger partial charge in [0.05, 0.1) is 68.0 Å². The predicted molar refractivity (Wildman–Crippen MR) is 257 cm³/mol. The molecule has 364 valence electrons. The molecule has 0 aliphatic carbocycles. The Morgan fingerprint density at radius 3 is 1.48 bits per heavy atom. The van der Waals surface area contributed by atoms with Gasteiger partial charge in [0.2, 0.25) is 17.2 Å². The molecule has 30 heteroatoms. The van der Waals surface area contributed by atoms with E-state index in [0.717, 1.165) is 18.1 Å². The average molecular weight is 1060 g/mol. The Balaban J connectivity index is 0.992. The number of benzene rings is 6. The third kappa shape index (κ3) is 15.0. The van der Waals surface area contributed by atoms with E-state index < -0.39 is 25.1 Å². The maximum absolute atomic E-state index is 12.3. The lowest BCUT2D eigenvalue weighted by molar-refractivity contribution is -0.432. The van der Waals surface area contributed by atoms with Gasteiger partial charge in [-0.1, -0.05) is 10.1 Å². The lowest BCUT2D eigenvalue weighted by atomic mass is 10.2. The van der Waals surface area contributed by atoms with Gasteiger partial charge in [0, 0.05) is 16.3 Å². The summed E-state index contributed by atoms with van der Waals surface area (Å²) in [6.45, 7) is 3.55. The minimum Gasteiger partial charge on any atom is -0.324 e. The van der Waals surface area contributed by atoms with E-state index >= 15 is 0 Å². The monoisotopic (exact) mass is 1060 g/mol. The third-order valence-electron chi connectivity index (χ3n) is 9.06. The Hall–Kier alpha value is -7.10. The normalized spacial score (nSPS) is 12.2. The summed E-state index contributed by atoms with van der Waals surface area (Å²) < 4.78 is 75.4. The number of rotatable bonds is 20. The average Bonchev–Trinajstić information content (AvgIpc) is 3.33. The molecule has 1 aromatic heterocycles. The molecule has 0 bridgehead atoms. The first-order chi connectivity index (χ1) is 34.0. The van der Waals surface area contributed by atoms with Crippen molar-refractivity contribution in [1.29, 1.82) is 0 Å². The summed E-state index contributed by atoms with van der Waals surface area (Å²) >= 11 is 7.67. The number of azo groups is 4.